The van der Waals surface area contributed by atoms with Gasteiger partial charge in [-0.2, -0.15) is 0 Å². The highest BCUT2D eigenvalue weighted by atomic mass is 35.5. The van der Waals surface area contributed by atoms with E-state index in [2.05, 4.69) is 10.3 Å². The molecule has 0 radical (unpaired) electrons. The van der Waals surface area contributed by atoms with Crippen molar-refractivity contribution >= 4 is 45.4 Å². The molecule has 1 N–H and O–H groups in total. The van der Waals surface area contributed by atoms with Crippen LogP contribution in [0.15, 0.2) is 52.9 Å². The Labute approximate surface area is 132 Å². The van der Waals surface area contributed by atoms with Gasteiger partial charge in [0.05, 0.1) is 0 Å². The average molecular weight is 313 g/mol. The maximum absolute atomic E-state index is 11.0. The van der Waals surface area contributed by atoms with Crippen molar-refractivity contribution < 1.29 is 9.21 Å². The second kappa shape index (κ2) is 6.03. The summed E-state index contributed by atoms with van der Waals surface area (Å²) in [6, 6.07) is 14.8. The van der Waals surface area contributed by atoms with Gasteiger partial charge >= 0.3 is 0 Å². The Morgan fingerprint density at radius 3 is 2.59 bits per heavy atom. The monoisotopic (exact) mass is 312 g/mol. The molecule has 1 aromatic heterocycles. The Bertz CT molecular complexity index is 817. The minimum atomic E-state index is -0.104. The van der Waals surface area contributed by atoms with Crippen molar-refractivity contribution in [3.05, 3.63) is 60.0 Å². The fraction of sp³-hybridized carbons (Fsp3) is 0.0588. The van der Waals surface area contributed by atoms with E-state index < -0.39 is 0 Å². The molecule has 0 aliphatic carbocycles. The number of fused-ring (bicyclic) bond motifs is 1. The highest BCUT2D eigenvalue weighted by molar-refractivity contribution is 6.50. The van der Waals surface area contributed by atoms with Gasteiger partial charge in [-0.25, -0.2) is 4.98 Å². The first-order chi connectivity index (χ1) is 10.6. The van der Waals surface area contributed by atoms with E-state index in [1.165, 1.54) is 6.92 Å². The molecule has 110 valence electrons. The summed E-state index contributed by atoms with van der Waals surface area (Å²) in [5.74, 6) is 0.279. The Morgan fingerprint density at radius 2 is 1.91 bits per heavy atom. The molecule has 0 saturated carbocycles. The third-order valence-electron chi connectivity index (χ3n) is 3.02. The van der Waals surface area contributed by atoms with Crippen molar-refractivity contribution in [3.63, 3.8) is 0 Å². The number of amides is 1. The van der Waals surface area contributed by atoms with E-state index in [0.29, 0.717) is 16.5 Å². The van der Waals surface area contributed by atoms with Gasteiger partial charge in [-0.15, -0.1) is 0 Å². The highest BCUT2D eigenvalue weighted by Crippen LogP contribution is 2.25. The smallest absolute Gasteiger partial charge is 0.238 e. The zero-order valence-corrected chi connectivity index (χ0v) is 12.6. The van der Waals surface area contributed by atoms with E-state index in [1.54, 1.807) is 6.08 Å². The molecule has 22 heavy (non-hydrogen) atoms. The van der Waals surface area contributed by atoms with Gasteiger partial charge in [-0.05, 0) is 35.9 Å². The van der Waals surface area contributed by atoms with Crippen molar-refractivity contribution in [2.75, 3.05) is 5.32 Å². The number of anilines is 1. The van der Waals surface area contributed by atoms with Crippen LogP contribution in [-0.2, 0) is 4.79 Å². The number of rotatable bonds is 3. The molecular formula is C17H13ClN2O2. The molecule has 0 spiro atoms. The van der Waals surface area contributed by atoms with E-state index in [4.69, 9.17) is 16.0 Å². The first-order valence-corrected chi connectivity index (χ1v) is 7.10. The number of carbonyl (C=O) groups is 1. The number of para-hydroxylation sites is 2. The van der Waals surface area contributed by atoms with Gasteiger partial charge in [0.1, 0.15) is 10.5 Å². The van der Waals surface area contributed by atoms with Crippen LogP contribution < -0.4 is 5.32 Å². The molecule has 1 heterocycles. The molecule has 4 nitrogen and oxygen atoms in total. The Morgan fingerprint density at radius 1 is 1.18 bits per heavy atom. The summed E-state index contributed by atoms with van der Waals surface area (Å²) in [5, 5.41) is 3.13. The van der Waals surface area contributed by atoms with Crippen LogP contribution >= 0.6 is 11.6 Å². The van der Waals surface area contributed by atoms with Gasteiger partial charge in [-0.1, -0.05) is 35.9 Å². The van der Waals surface area contributed by atoms with E-state index in [9.17, 15) is 4.79 Å². The van der Waals surface area contributed by atoms with Crippen LogP contribution in [0.1, 0.15) is 18.4 Å². The predicted octanol–water partition coefficient (Wildman–Crippen LogP) is 4.52. The van der Waals surface area contributed by atoms with Gasteiger partial charge in [0.25, 0.3) is 0 Å². The number of aromatic nitrogens is 1. The quantitative estimate of drug-likeness (QED) is 0.773. The summed E-state index contributed by atoms with van der Waals surface area (Å²) in [6.07, 6.45) is 1.77. The van der Waals surface area contributed by atoms with Crippen molar-refractivity contribution in [2.24, 2.45) is 0 Å². The van der Waals surface area contributed by atoms with E-state index in [0.717, 1.165) is 16.8 Å². The molecule has 0 fully saturated rings. The number of hydrogen-bond donors (Lipinski definition) is 1. The maximum Gasteiger partial charge on any atom is 0.238 e. The number of oxazole rings is 1. The third kappa shape index (κ3) is 3.18. The molecule has 2 aromatic carbocycles. The lowest BCUT2D eigenvalue weighted by molar-refractivity contribution is -0.114. The van der Waals surface area contributed by atoms with Gasteiger partial charge < -0.3 is 9.73 Å². The molecule has 3 aromatic rings. The number of hydrogen-bond acceptors (Lipinski definition) is 3. The van der Waals surface area contributed by atoms with Crippen molar-refractivity contribution in [2.45, 2.75) is 6.92 Å². The molecule has 0 saturated heterocycles. The molecule has 3 rings (SSSR count). The fourth-order valence-electron chi connectivity index (χ4n) is 2.05. The van der Waals surface area contributed by atoms with Crippen molar-refractivity contribution in [3.8, 4) is 0 Å². The first-order valence-electron chi connectivity index (χ1n) is 6.72. The lowest BCUT2D eigenvalue weighted by atomic mass is 10.2. The van der Waals surface area contributed by atoms with Crippen molar-refractivity contribution in [1.82, 2.24) is 4.98 Å². The van der Waals surface area contributed by atoms with Crippen LogP contribution in [0.5, 0.6) is 0 Å². The zero-order valence-electron chi connectivity index (χ0n) is 11.8. The Kier molecular flexibility index (Phi) is 3.94. The Hall–Kier alpha value is -2.59. The minimum Gasteiger partial charge on any atom is -0.435 e. The van der Waals surface area contributed by atoms with Crippen LogP contribution in [-0.4, -0.2) is 10.9 Å². The lowest BCUT2D eigenvalue weighted by Gasteiger charge is -2.02. The zero-order chi connectivity index (χ0) is 15.5. The second-order valence-corrected chi connectivity index (χ2v) is 5.19. The highest BCUT2D eigenvalue weighted by Gasteiger charge is 2.08. The van der Waals surface area contributed by atoms with Crippen LogP contribution in [0.2, 0.25) is 0 Å². The van der Waals surface area contributed by atoms with E-state index in [1.807, 2.05) is 48.5 Å². The molecule has 0 atom stereocenters. The number of benzene rings is 2. The minimum absolute atomic E-state index is 0.104. The standard InChI is InChI=1S/C17H13ClN2O2/c1-11(21)19-13-8-6-12(7-9-13)10-14(18)17-20-15-4-2-3-5-16(15)22-17/h2-10H,1H3,(H,19,21)/b14-10-. The maximum atomic E-state index is 11.0. The summed E-state index contributed by atoms with van der Waals surface area (Å²) >= 11 is 6.27. The number of carbonyl (C=O) groups excluding carboxylic acids is 1. The van der Waals surface area contributed by atoms with E-state index >= 15 is 0 Å². The molecule has 0 aliphatic rings. The lowest BCUT2D eigenvalue weighted by Crippen LogP contribution is -2.05. The molecular weight excluding hydrogens is 300 g/mol. The van der Waals surface area contributed by atoms with Gasteiger partial charge in [0, 0.05) is 12.6 Å². The topological polar surface area (TPSA) is 55.1 Å². The van der Waals surface area contributed by atoms with E-state index in [-0.39, 0.29) is 5.91 Å². The van der Waals surface area contributed by atoms with Gasteiger partial charge in [0.15, 0.2) is 5.58 Å². The number of halogens is 1. The first kappa shape index (κ1) is 14.4. The SMILES string of the molecule is CC(=O)Nc1ccc(/C=C(\Cl)c2nc3ccccc3o2)cc1. The van der Waals surface area contributed by atoms with Gasteiger partial charge in [0.2, 0.25) is 11.8 Å². The van der Waals surface area contributed by atoms with Crippen LogP contribution in [0.25, 0.3) is 22.2 Å². The third-order valence-corrected chi connectivity index (χ3v) is 3.29. The summed E-state index contributed by atoms with van der Waals surface area (Å²) < 4.78 is 5.61. The normalized spacial score (nSPS) is 11.6. The fourth-order valence-corrected chi connectivity index (χ4v) is 2.26. The molecule has 0 unspecified atom stereocenters. The molecule has 1 amide bonds. The van der Waals surface area contributed by atoms with Crippen LogP contribution in [0.4, 0.5) is 5.69 Å². The largest absolute Gasteiger partial charge is 0.435 e. The summed E-state index contributed by atoms with van der Waals surface area (Å²) in [4.78, 5) is 15.3. The summed E-state index contributed by atoms with van der Waals surface area (Å²) in [5.41, 5.74) is 3.10. The van der Waals surface area contributed by atoms with Gasteiger partial charge in [-0.3, -0.25) is 4.79 Å². The number of nitrogens with one attached hydrogen (secondary N) is 1. The number of nitrogens with zero attached hydrogens (tertiary/aromatic N) is 1. The summed E-state index contributed by atoms with van der Waals surface area (Å²) in [6.45, 7) is 1.47. The second-order valence-electron chi connectivity index (χ2n) is 4.78. The summed E-state index contributed by atoms with van der Waals surface area (Å²) in [7, 11) is 0. The average Bonchev–Trinajstić information content (AvgIpc) is 2.93. The predicted molar refractivity (Wildman–Crippen MR) is 88.5 cm³/mol. The van der Waals surface area contributed by atoms with Crippen molar-refractivity contribution in [1.29, 1.82) is 0 Å². The van der Waals surface area contributed by atoms with Crippen LogP contribution in [0.3, 0.4) is 0 Å². The Balaban J connectivity index is 1.85. The van der Waals surface area contributed by atoms with Crippen LogP contribution in [0, 0.1) is 0 Å². The molecule has 0 bridgehead atoms. The molecule has 0 aliphatic heterocycles. The molecule has 5 heteroatoms.